The van der Waals surface area contributed by atoms with Gasteiger partial charge in [0.05, 0.1) is 12.5 Å². The smallest absolute Gasteiger partial charge is 0.319 e. The van der Waals surface area contributed by atoms with Gasteiger partial charge in [-0.05, 0) is 24.6 Å². The number of carboxylic acids is 1. The molecule has 0 aromatic heterocycles. The number of carbonyl (C=O) groups excluding carboxylic acids is 1. The second-order valence-corrected chi connectivity index (χ2v) is 4.61. The van der Waals surface area contributed by atoms with Crippen molar-refractivity contribution >= 4 is 29.3 Å². The number of aliphatic carboxylic acids is 1. The molecule has 1 unspecified atom stereocenters. The normalized spacial score (nSPS) is 11.8. The topological polar surface area (TPSA) is 87.7 Å². The zero-order valence-electron chi connectivity index (χ0n) is 11.3. The van der Waals surface area contributed by atoms with E-state index < -0.39 is 18.1 Å². The number of carboxylic acid groups (broad SMARTS) is 1. The summed E-state index contributed by atoms with van der Waals surface area (Å²) in [4.78, 5) is 22.3. The van der Waals surface area contributed by atoms with Gasteiger partial charge in [0.15, 0.2) is 0 Å². The average Bonchev–Trinajstić information content (AvgIpc) is 2.39. The molecule has 0 aliphatic heterocycles. The molecule has 0 aliphatic carbocycles. The summed E-state index contributed by atoms with van der Waals surface area (Å²) in [5.41, 5.74) is 1.36. The summed E-state index contributed by atoms with van der Waals surface area (Å²) < 4.78 is 4.96. The number of urea groups is 1. The summed E-state index contributed by atoms with van der Waals surface area (Å²) in [5, 5.41) is 14.4. The van der Waals surface area contributed by atoms with Crippen molar-refractivity contribution in [3.8, 4) is 0 Å². The second-order valence-electron chi connectivity index (χ2n) is 4.20. The molecular formula is C13H17ClN2O4. The molecule has 1 rings (SSSR count). The number of methoxy groups -OCH3 is 1. The Morgan fingerprint density at radius 2 is 2.15 bits per heavy atom. The Morgan fingerprint density at radius 3 is 2.75 bits per heavy atom. The number of carbonyl (C=O) groups is 2. The van der Waals surface area contributed by atoms with Crippen molar-refractivity contribution < 1.29 is 19.4 Å². The van der Waals surface area contributed by atoms with Gasteiger partial charge in [0.2, 0.25) is 0 Å². The average molecular weight is 301 g/mol. The second kappa shape index (κ2) is 7.72. The van der Waals surface area contributed by atoms with E-state index >= 15 is 0 Å². The van der Waals surface area contributed by atoms with Crippen molar-refractivity contribution in [2.24, 2.45) is 0 Å². The Kier molecular flexibility index (Phi) is 6.27. The largest absolute Gasteiger partial charge is 0.481 e. The van der Waals surface area contributed by atoms with Crippen LogP contribution in [0.15, 0.2) is 18.2 Å². The van der Waals surface area contributed by atoms with Gasteiger partial charge >= 0.3 is 12.0 Å². The first-order valence-corrected chi connectivity index (χ1v) is 6.36. The van der Waals surface area contributed by atoms with Crippen LogP contribution in [0.25, 0.3) is 0 Å². The molecule has 20 heavy (non-hydrogen) atoms. The zero-order valence-corrected chi connectivity index (χ0v) is 12.0. The van der Waals surface area contributed by atoms with Crippen molar-refractivity contribution in [1.82, 2.24) is 5.32 Å². The van der Waals surface area contributed by atoms with E-state index in [4.69, 9.17) is 21.4 Å². The van der Waals surface area contributed by atoms with Gasteiger partial charge < -0.3 is 20.5 Å². The Hall–Kier alpha value is -1.79. The van der Waals surface area contributed by atoms with E-state index in [-0.39, 0.29) is 13.0 Å². The van der Waals surface area contributed by atoms with E-state index in [0.29, 0.717) is 10.7 Å². The predicted molar refractivity (Wildman–Crippen MR) is 76.3 cm³/mol. The van der Waals surface area contributed by atoms with E-state index in [0.717, 1.165) is 5.56 Å². The number of benzene rings is 1. The van der Waals surface area contributed by atoms with E-state index in [1.807, 2.05) is 0 Å². The third-order valence-electron chi connectivity index (χ3n) is 2.74. The van der Waals surface area contributed by atoms with Gasteiger partial charge in [0.1, 0.15) is 0 Å². The maximum Gasteiger partial charge on any atom is 0.319 e. The summed E-state index contributed by atoms with van der Waals surface area (Å²) in [6.45, 7) is 1.90. The monoisotopic (exact) mass is 300 g/mol. The highest BCUT2D eigenvalue weighted by Crippen LogP contribution is 2.22. The van der Waals surface area contributed by atoms with Crippen molar-refractivity contribution in [2.45, 2.75) is 19.4 Å². The highest BCUT2D eigenvalue weighted by molar-refractivity contribution is 6.31. The van der Waals surface area contributed by atoms with Crippen LogP contribution in [0.1, 0.15) is 12.0 Å². The molecule has 6 nitrogen and oxygen atoms in total. The first-order valence-electron chi connectivity index (χ1n) is 5.98. The summed E-state index contributed by atoms with van der Waals surface area (Å²) in [5.74, 6) is -0.982. The van der Waals surface area contributed by atoms with Crippen LogP contribution in [0.2, 0.25) is 5.02 Å². The van der Waals surface area contributed by atoms with Gasteiger partial charge in [-0.25, -0.2) is 4.79 Å². The Morgan fingerprint density at radius 1 is 1.45 bits per heavy atom. The van der Waals surface area contributed by atoms with E-state index in [1.165, 1.54) is 7.11 Å². The van der Waals surface area contributed by atoms with E-state index in [2.05, 4.69) is 10.6 Å². The number of hydrogen-bond acceptors (Lipinski definition) is 3. The summed E-state index contributed by atoms with van der Waals surface area (Å²) in [6, 6.07) is 4.75. The zero-order chi connectivity index (χ0) is 15.1. The molecule has 0 radical (unpaired) electrons. The van der Waals surface area contributed by atoms with Crippen LogP contribution in [-0.4, -0.2) is 36.9 Å². The molecule has 3 N–H and O–H groups in total. The van der Waals surface area contributed by atoms with Gasteiger partial charge in [0.25, 0.3) is 0 Å². The lowest BCUT2D eigenvalue weighted by Gasteiger charge is -2.15. The maximum absolute atomic E-state index is 11.7. The number of hydrogen-bond donors (Lipinski definition) is 3. The van der Waals surface area contributed by atoms with Crippen molar-refractivity contribution in [3.63, 3.8) is 0 Å². The van der Waals surface area contributed by atoms with Gasteiger partial charge in [-0.2, -0.15) is 0 Å². The summed E-state index contributed by atoms with van der Waals surface area (Å²) >= 11 is 5.95. The molecule has 0 aliphatic rings. The number of ether oxygens (including phenoxy) is 1. The number of halogens is 1. The van der Waals surface area contributed by atoms with Crippen LogP contribution in [0.5, 0.6) is 0 Å². The molecule has 110 valence electrons. The molecular weight excluding hydrogens is 284 g/mol. The fourth-order valence-electron chi connectivity index (χ4n) is 1.55. The molecule has 0 saturated heterocycles. The molecule has 0 saturated carbocycles. The van der Waals surface area contributed by atoms with Gasteiger partial charge in [0, 0.05) is 24.4 Å². The van der Waals surface area contributed by atoms with Gasteiger partial charge in [-0.1, -0.05) is 17.7 Å². The molecule has 1 atom stereocenters. The standard InChI is InChI=1S/C13H17ClN2O4/c1-8-10(14)4-3-5-11(8)16-13(19)15-7-9(20-2)6-12(17)18/h3-5,9H,6-7H2,1-2H3,(H,17,18)(H2,15,16,19). The molecule has 1 aromatic carbocycles. The minimum absolute atomic E-state index is 0.105. The van der Waals surface area contributed by atoms with Gasteiger partial charge in [-0.15, -0.1) is 0 Å². The quantitative estimate of drug-likeness (QED) is 0.752. The van der Waals surface area contributed by atoms with E-state index in [9.17, 15) is 9.59 Å². The van der Waals surface area contributed by atoms with Crippen LogP contribution in [-0.2, 0) is 9.53 Å². The minimum atomic E-state index is -0.982. The third-order valence-corrected chi connectivity index (χ3v) is 3.15. The molecule has 0 fully saturated rings. The molecule has 0 spiro atoms. The first kappa shape index (κ1) is 16.3. The molecule has 0 heterocycles. The minimum Gasteiger partial charge on any atom is -0.481 e. The Labute approximate surface area is 122 Å². The van der Waals surface area contributed by atoms with Crippen molar-refractivity contribution in [2.75, 3.05) is 19.0 Å². The Bertz CT molecular complexity index is 493. The fraction of sp³-hybridized carbons (Fsp3) is 0.385. The number of nitrogens with one attached hydrogen (secondary N) is 2. The van der Waals surface area contributed by atoms with Crippen LogP contribution in [0.3, 0.4) is 0 Å². The van der Waals surface area contributed by atoms with Crippen LogP contribution >= 0.6 is 11.6 Å². The number of rotatable bonds is 6. The van der Waals surface area contributed by atoms with Crippen LogP contribution in [0.4, 0.5) is 10.5 Å². The predicted octanol–water partition coefficient (Wildman–Crippen LogP) is 2.26. The molecule has 1 aromatic rings. The lowest BCUT2D eigenvalue weighted by molar-refractivity contribution is -0.139. The number of anilines is 1. The van der Waals surface area contributed by atoms with E-state index in [1.54, 1.807) is 25.1 Å². The first-order chi connectivity index (χ1) is 9.43. The van der Waals surface area contributed by atoms with Crippen LogP contribution < -0.4 is 10.6 Å². The number of amides is 2. The summed E-state index contributed by atoms with van der Waals surface area (Å²) in [6.07, 6.45) is -0.744. The fourth-order valence-corrected chi connectivity index (χ4v) is 1.72. The van der Waals surface area contributed by atoms with Crippen LogP contribution in [0, 0.1) is 6.92 Å². The molecule has 2 amide bonds. The SMILES string of the molecule is COC(CNC(=O)Nc1cccc(Cl)c1C)CC(=O)O. The molecule has 0 bridgehead atoms. The third kappa shape index (κ3) is 5.07. The lowest BCUT2D eigenvalue weighted by atomic mass is 10.2. The lowest BCUT2D eigenvalue weighted by Crippen LogP contribution is -2.37. The van der Waals surface area contributed by atoms with Crippen molar-refractivity contribution in [1.29, 1.82) is 0 Å². The van der Waals surface area contributed by atoms with Gasteiger partial charge in [-0.3, -0.25) is 4.79 Å². The maximum atomic E-state index is 11.7. The van der Waals surface area contributed by atoms with Crippen molar-refractivity contribution in [3.05, 3.63) is 28.8 Å². The Balaban J connectivity index is 2.51. The highest BCUT2D eigenvalue weighted by atomic mass is 35.5. The highest BCUT2D eigenvalue weighted by Gasteiger charge is 2.14. The molecule has 7 heteroatoms. The summed E-state index contributed by atoms with van der Waals surface area (Å²) in [7, 11) is 1.40.